The van der Waals surface area contributed by atoms with Gasteiger partial charge in [0.2, 0.25) is 0 Å². The van der Waals surface area contributed by atoms with Gasteiger partial charge in [0.25, 0.3) is 0 Å². The maximum Gasteiger partial charge on any atom is 0.123 e. The largest absolute Gasteiger partial charge is 0.207 e. The van der Waals surface area contributed by atoms with Gasteiger partial charge in [-0.2, -0.15) is 0 Å². The molecule has 0 aromatic heterocycles. The molecule has 0 unspecified atom stereocenters. The molecule has 1 aromatic carbocycles. The first kappa shape index (κ1) is 8.55. The zero-order chi connectivity index (χ0) is 8.81. The normalized spacial score (nSPS) is 8.42. The van der Waals surface area contributed by atoms with E-state index in [4.69, 9.17) is 0 Å². The molecule has 0 saturated heterocycles. The Hall–Kier alpha value is -1.55. The summed E-state index contributed by atoms with van der Waals surface area (Å²) in [6.45, 7) is 3.54. The fourth-order valence-corrected chi connectivity index (χ4v) is 0.758. The molecule has 0 fully saturated rings. The highest BCUT2D eigenvalue weighted by molar-refractivity contribution is 5.34. The van der Waals surface area contributed by atoms with Crippen molar-refractivity contribution in [3.8, 4) is 11.8 Å². The Morgan fingerprint density at radius 2 is 2.00 bits per heavy atom. The Morgan fingerprint density at radius 3 is 2.58 bits per heavy atom. The minimum Gasteiger partial charge on any atom is -0.207 e. The maximum atomic E-state index is 12.4. The highest BCUT2D eigenvalue weighted by Gasteiger charge is 1.87. The second kappa shape index (κ2) is 4.35. The average molecular weight is 160 g/mol. The topological polar surface area (TPSA) is 0 Å². The standard InChI is InChI=1S/C11H9F/c1-2-3-4-5-10-6-8-11(12)9-7-10/h2,6-9H,1,3H2. The number of allylic oxidation sites excluding steroid dienone is 1. The van der Waals surface area contributed by atoms with Crippen LogP contribution in [-0.2, 0) is 0 Å². The van der Waals surface area contributed by atoms with Crippen molar-refractivity contribution in [2.45, 2.75) is 6.42 Å². The zero-order valence-corrected chi connectivity index (χ0v) is 6.68. The SMILES string of the molecule is C=CCC#Cc1ccc(F)cc1. The molecule has 0 aliphatic carbocycles. The molecule has 0 N–H and O–H groups in total. The predicted octanol–water partition coefficient (Wildman–Crippen LogP) is 2.75. The summed E-state index contributed by atoms with van der Waals surface area (Å²) < 4.78 is 12.4. The fourth-order valence-electron chi connectivity index (χ4n) is 0.758. The molecule has 60 valence electrons. The molecular weight excluding hydrogens is 151 g/mol. The first-order valence-electron chi connectivity index (χ1n) is 3.68. The van der Waals surface area contributed by atoms with Crippen molar-refractivity contribution in [2.75, 3.05) is 0 Å². The van der Waals surface area contributed by atoms with Gasteiger partial charge in [-0.25, -0.2) is 4.39 Å². The maximum absolute atomic E-state index is 12.4. The lowest BCUT2D eigenvalue weighted by Crippen LogP contribution is -1.75. The highest BCUT2D eigenvalue weighted by Crippen LogP contribution is 2.00. The van der Waals surface area contributed by atoms with Crippen LogP contribution in [0.1, 0.15) is 12.0 Å². The van der Waals surface area contributed by atoms with Crippen molar-refractivity contribution in [1.82, 2.24) is 0 Å². The minimum atomic E-state index is -0.232. The van der Waals surface area contributed by atoms with Gasteiger partial charge in [0.15, 0.2) is 0 Å². The summed E-state index contributed by atoms with van der Waals surface area (Å²) in [5.74, 6) is 5.53. The first-order valence-corrected chi connectivity index (χ1v) is 3.68. The smallest absolute Gasteiger partial charge is 0.123 e. The van der Waals surface area contributed by atoms with Crippen molar-refractivity contribution in [2.24, 2.45) is 0 Å². The molecule has 0 saturated carbocycles. The van der Waals surface area contributed by atoms with E-state index >= 15 is 0 Å². The van der Waals surface area contributed by atoms with E-state index in [0.717, 1.165) is 5.56 Å². The third-order valence-electron chi connectivity index (χ3n) is 1.32. The Kier molecular flexibility index (Phi) is 3.10. The monoisotopic (exact) mass is 160 g/mol. The fraction of sp³-hybridized carbons (Fsp3) is 0.0909. The van der Waals surface area contributed by atoms with Gasteiger partial charge in [-0.3, -0.25) is 0 Å². The van der Waals surface area contributed by atoms with Gasteiger partial charge in [-0.05, 0) is 24.3 Å². The molecule has 1 aromatic rings. The minimum absolute atomic E-state index is 0.232. The molecule has 0 atom stereocenters. The van der Waals surface area contributed by atoms with Crippen LogP contribution in [0.5, 0.6) is 0 Å². The van der Waals surface area contributed by atoms with Crippen LogP contribution in [0, 0.1) is 17.7 Å². The Bertz CT molecular complexity index is 311. The summed E-state index contributed by atoms with van der Waals surface area (Å²) in [6, 6.07) is 6.12. The van der Waals surface area contributed by atoms with Crippen LogP contribution in [0.15, 0.2) is 36.9 Å². The summed E-state index contributed by atoms with van der Waals surface area (Å²) in [7, 11) is 0. The molecule has 0 nitrogen and oxygen atoms in total. The van der Waals surface area contributed by atoms with Crippen LogP contribution in [-0.4, -0.2) is 0 Å². The van der Waals surface area contributed by atoms with Crippen LogP contribution in [0.2, 0.25) is 0 Å². The van der Waals surface area contributed by atoms with Crippen molar-refractivity contribution in [3.63, 3.8) is 0 Å². The Morgan fingerprint density at radius 1 is 1.33 bits per heavy atom. The van der Waals surface area contributed by atoms with E-state index in [2.05, 4.69) is 18.4 Å². The van der Waals surface area contributed by atoms with Crippen molar-refractivity contribution in [3.05, 3.63) is 48.3 Å². The molecule has 0 heterocycles. The van der Waals surface area contributed by atoms with Gasteiger partial charge in [-0.15, -0.1) is 6.58 Å². The Balaban J connectivity index is 2.72. The molecule has 1 heteroatoms. The van der Waals surface area contributed by atoms with Crippen molar-refractivity contribution in [1.29, 1.82) is 0 Å². The van der Waals surface area contributed by atoms with E-state index in [1.54, 1.807) is 18.2 Å². The second-order valence-electron chi connectivity index (χ2n) is 2.30. The van der Waals surface area contributed by atoms with Crippen LogP contribution in [0.3, 0.4) is 0 Å². The average Bonchev–Trinajstić information content (AvgIpc) is 2.09. The summed E-state index contributed by atoms with van der Waals surface area (Å²) in [5.41, 5.74) is 0.832. The third kappa shape index (κ3) is 2.59. The molecule has 0 aliphatic rings. The summed E-state index contributed by atoms with van der Waals surface area (Å²) in [6.07, 6.45) is 2.40. The van der Waals surface area contributed by atoms with E-state index in [0.29, 0.717) is 6.42 Å². The number of hydrogen-bond acceptors (Lipinski definition) is 0. The van der Waals surface area contributed by atoms with E-state index in [-0.39, 0.29) is 5.82 Å². The first-order chi connectivity index (χ1) is 5.83. The zero-order valence-electron chi connectivity index (χ0n) is 6.68. The van der Waals surface area contributed by atoms with Gasteiger partial charge in [-0.1, -0.05) is 17.9 Å². The van der Waals surface area contributed by atoms with Crippen LogP contribution in [0.25, 0.3) is 0 Å². The van der Waals surface area contributed by atoms with Gasteiger partial charge in [0, 0.05) is 12.0 Å². The molecule has 0 radical (unpaired) electrons. The lowest BCUT2D eigenvalue weighted by atomic mass is 10.2. The Labute approximate surface area is 71.7 Å². The summed E-state index contributed by atoms with van der Waals surface area (Å²) in [4.78, 5) is 0. The molecule has 0 spiro atoms. The molecule has 0 aliphatic heterocycles. The number of benzene rings is 1. The predicted molar refractivity (Wildman–Crippen MR) is 48.1 cm³/mol. The number of halogens is 1. The summed E-state index contributed by atoms with van der Waals surface area (Å²) in [5, 5.41) is 0. The van der Waals surface area contributed by atoms with Crippen LogP contribution < -0.4 is 0 Å². The van der Waals surface area contributed by atoms with Crippen molar-refractivity contribution >= 4 is 0 Å². The van der Waals surface area contributed by atoms with Crippen LogP contribution in [0.4, 0.5) is 4.39 Å². The van der Waals surface area contributed by atoms with Gasteiger partial charge >= 0.3 is 0 Å². The highest BCUT2D eigenvalue weighted by atomic mass is 19.1. The van der Waals surface area contributed by atoms with Gasteiger partial charge in [0.05, 0.1) is 0 Å². The van der Waals surface area contributed by atoms with E-state index in [1.165, 1.54) is 12.1 Å². The third-order valence-corrected chi connectivity index (χ3v) is 1.32. The van der Waals surface area contributed by atoms with E-state index < -0.39 is 0 Å². The lowest BCUT2D eigenvalue weighted by Gasteiger charge is -1.88. The van der Waals surface area contributed by atoms with E-state index in [1.807, 2.05) is 0 Å². The lowest BCUT2D eigenvalue weighted by molar-refractivity contribution is 0.627. The van der Waals surface area contributed by atoms with Gasteiger partial charge in [0.1, 0.15) is 5.82 Å². The number of rotatable bonds is 1. The van der Waals surface area contributed by atoms with Crippen molar-refractivity contribution < 1.29 is 4.39 Å². The van der Waals surface area contributed by atoms with E-state index in [9.17, 15) is 4.39 Å². The second-order valence-corrected chi connectivity index (χ2v) is 2.30. The molecular formula is C11H9F. The summed E-state index contributed by atoms with van der Waals surface area (Å²) >= 11 is 0. The van der Waals surface area contributed by atoms with Crippen LogP contribution >= 0.6 is 0 Å². The number of hydrogen-bond donors (Lipinski definition) is 0. The quantitative estimate of drug-likeness (QED) is 0.437. The molecule has 12 heavy (non-hydrogen) atoms. The molecule has 0 amide bonds. The molecule has 1 rings (SSSR count). The molecule has 0 bridgehead atoms. The van der Waals surface area contributed by atoms with Gasteiger partial charge < -0.3 is 0 Å².